The van der Waals surface area contributed by atoms with Crippen LogP contribution in [-0.4, -0.2) is 50.9 Å². The molecule has 220 valence electrons. The van der Waals surface area contributed by atoms with Crippen molar-refractivity contribution in [1.29, 1.82) is 0 Å². The molecule has 41 heavy (non-hydrogen) atoms. The number of anilines is 1. The van der Waals surface area contributed by atoms with Crippen molar-refractivity contribution in [2.75, 3.05) is 24.0 Å². The van der Waals surface area contributed by atoms with E-state index in [1.807, 2.05) is 13.8 Å². The minimum atomic E-state index is -4.28. The Morgan fingerprint density at radius 1 is 1.02 bits per heavy atom. The number of benzene rings is 3. The Labute approximate surface area is 246 Å². The van der Waals surface area contributed by atoms with Crippen molar-refractivity contribution in [2.45, 2.75) is 51.1 Å². The maximum atomic E-state index is 13.9. The Kier molecular flexibility index (Phi) is 11.5. The van der Waals surface area contributed by atoms with Gasteiger partial charge in [0.05, 0.1) is 17.2 Å². The lowest BCUT2D eigenvalue weighted by molar-refractivity contribution is -0.139. The molecule has 0 spiro atoms. The predicted molar refractivity (Wildman–Crippen MR) is 158 cm³/mol. The average Bonchev–Trinajstić information content (AvgIpc) is 2.95. The van der Waals surface area contributed by atoms with Gasteiger partial charge in [0.25, 0.3) is 10.0 Å². The van der Waals surface area contributed by atoms with E-state index in [0.29, 0.717) is 29.5 Å². The Morgan fingerprint density at radius 3 is 2.32 bits per heavy atom. The molecule has 0 bridgehead atoms. The fraction of sp³-hybridized carbons (Fsp3) is 0.333. The Bertz CT molecular complexity index is 1420. The topological polar surface area (TPSA) is 96.0 Å². The van der Waals surface area contributed by atoms with E-state index >= 15 is 0 Å². The number of sulfonamides is 1. The number of ether oxygens (including phenoxy) is 1. The second kappa shape index (κ2) is 14.8. The summed E-state index contributed by atoms with van der Waals surface area (Å²) in [6.07, 6.45) is 1.66. The molecule has 0 saturated carbocycles. The van der Waals surface area contributed by atoms with Gasteiger partial charge < -0.3 is 15.0 Å². The number of hydrogen-bond donors (Lipinski definition) is 1. The molecule has 0 aliphatic rings. The van der Waals surface area contributed by atoms with Gasteiger partial charge in [-0.25, -0.2) is 12.8 Å². The zero-order valence-electron chi connectivity index (χ0n) is 23.3. The molecule has 0 aliphatic heterocycles. The van der Waals surface area contributed by atoms with Crippen LogP contribution in [0.2, 0.25) is 5.02 Å². The smallest absolute Gasteiger partial charge is 0.264 e. The highest BCUT2D eigenvalue weighted by Crippen LogP contribution is 2.26. The minimum absolute atomic E-state index is 0.0160. The van der Waals surface area contributed by atoms with E-state index < -0.39 is 34.3 Å². The van der Waals surface area contributed by atoms with Gasteiger partial charge in [0.2, 0.25) is 11.8 Å². The van der Waals surface area contributed by atoms with Crippen molar-refractivity contribution in [3.05, 3.63) is 89.2 Å². The molecule has 0 heterocycles. The van der Waals surface area contributed by atoms with Crippen molar-refractivity contribution < 1.29 is 27.1 Å². The van der Waals surface area contributed by atoms with E-state index in [0.717, 1.165) is 29.3 Å². The van der Waals surface area contributed by atoms with Gasteiger partial charge in [-0.15, -0.1) is 0 Å². The maximum Gasteiger partial charge on any atom is 0.264 e. The van der Waals surface area contributed by atoms with Gasteiger partial charge in [-0.05, 0) is 86.5 Å². The summed E-state index contributed by atoms with van der Waals surface area (Å²) in [5.74, 6) is -1.05. The van der Waals surface area contributed by atoms with Crippen LogP contribution in [0.5, 0.6) is 5.75 Å². The normalized spacial score (nSPS) is 11.9. The van der Waals surface area contributed by atoms with Crippen LogP contribution in [-0.2, 0) is 26.2 Å². The largest absolute Gasteiger partial charge is 0.494 e. The van der Waals surface area contributed by atoms with Gasteiger partial charge in [-0.1, -0.05) is 37.1 Å². The van der Waals surface area contributed by atoms with E-state index in [9.17, 15) is 22.4 Å². The fourth-order valence-electron chi connectivity index (χ4n) is 4.09. The predicted octanol–water partition coefficient (Wildman–Crippen LogP) is 5.41. The van der Waals surface area contributed by atoms with Crippen LogP contribution in [0, 0.1) is 5.82 Å². The van der Waals surface area contributed by atoms with Gasteiger partial charge in [0.15, 0.2) is 0 Å². The molecular weight excluding hydrogens is 569 g/mol. The van der Waals surface area contributed by atoms with Crippen molar-refractivity contribution in [3.63, 3.8) is 0 Å². The molecule has 1 atom stereocenters. The lowest BCUT2D eigenvalue weighted by Gasteiger charge is -2.32. The molecule has 8 nitrogen and oxygen atoms in total. The monoisotopic (exact) mass is 603 g/mol. The van der Waals surface area contributed by atoms with Crippen molar-refractivity contribution >= 4 is 39.1 Å². The molecule has 0 aliphatic carbocycles. The molecule has 0 saturated heterocycles. The summed E-state index contributed by atoms with van der Waals surface area (Å²) in [5, 5.41) is 3.29. The zero-order valence-corrected chi connectivity index (χ0v) is 24.9. The minimum Gasteiger partial charge on any atom is -0.494 e. The number of halogens is 2. The fourth-order valence-corrected chi connectivity index (χ4v) is 5.72. The second-order valence-electron chi connectivity index (χ2n) is 9.36. The van der Waals surface area contributed by atoms with Gasteiger partial charge in [-0.2, -0.15) is 0 Å². The maximum absolute atomic E-state index is 13.9. The Morgan fingerprint density at radius 2 is 1.71 bits per heavy atom. The number of unbranched alkanes of at least 4 members (excludes halogenated alkanes) is 1. The van der Waals surface area contributed by atoms with Gasteiger partial charge in [0, 0.05) is 18.1 Å². The molecule has 3 aromatic carbocycles. The lowest BCUT2D eigenvalue weighted by Crippen LogP contribution is -2.51. The standard InChI is InChI=1S/C30H35ClFN3O5S/c1-4-6-18-33-30(37)22(3)34(20-23-8-7-9-24(31)19-23)29(36)21-35(26-12-10-25(32)11-13-26)41(38,39)28-16-14-27(15-17-28)40-5-2/h7-17,19,22H,4-6,18,20-21H2,1-3H3,(H,33,37)/t22-/m1/s1. The highest BCUT2D eigenvalue weighted by molar-refractivity contribution is 7.92. The lowest BCUT2D eigenvalue weighted by atomic mass is 10.1. The quantitative estimate of drug-likeness (QED) is 0.249. The number of nitrogens with one attached hydrogen (secondary N) is 1. The first-order chi connectivity index (χ1) is 19.6. The van der Waals surface area contributed by atoms with Gasteiger partial charge >= 0.3 is 0 Å². The van der Waals surface area contributed by atoms with Crippen molar-refractivity contribution in [3.8, 4) is 5.75 Å². The summed E-state index contributed by atoms with van der Waals surface area (Å²) in [5.41, 5.74) is 0.762. The molecule has 3 rings (SSSR count). The van der Waals surface area contributed by atoms with Crippen LogP contribution in [0.15, 0.2) is 77.7 Å². The van der Waals surface area contributed by atoms with E-state index in [1.165, 1.54) is 41.3 Å². The highest BCUT2D eigenvalue weighted by atomic mass is 35.5. The molecule has 3 aromatic rings. The third kappa shape index (κ3) is 8.68. The van der Waals surface area contributed by atoms with Crippen LogP contribution < -0.4 is 14.4 Å². The van der Waals surface area contributed by atoms with E-state index in [4.69, 9.17) is 16.3 Å². The molecule has 0 radical (unpaired) electrons. The summed E-state index contributed by atoms with van der Waals surface area (Å²) >= 11 is 6.16. The van der Waals surface area contributed by atoms with E-state index in [2.05, 4.69) is 5.32 Å². The Balaban J connectivity index is 1.99. The first kappa shape index (κ1) is 31.9. The van der Waals surface area contributed by atoms with Gasteiger partial charge in [0.1, 0.15) is 24.2 Å². The molecule has 1 N–H and O–H groups in total. The average molecular weight is 604 g/mol. The number of carbonyl (C=O) groups excluding carboxylic acids is 2. The molecule has 2 amide bonds. The molecule has 11 heteroatoms. The van der Waals surface area contributed by atoms with Crippen LogP contribution in [0.4, 0.5) is 10.1 Å². The number of nitrogens with zero attached hydrogens (tertiary/aromatic N) is 2. The molecule has 0 fully saturated rings. The number of rotatable bonds is 14. The van der Waals surface area contributed by atoms with E-state index in [-0.39, 0.29) is 23.0 Å². The Hall–Kier alpha value is -3.63. The van der Waals surface area contributed by atoms with E-state index in [1.54, 1.807) is 31.2 Å². The number of amides is 2. The van der Waals surface area contributed by atoms with Crippen LogP contribution in [0.3, 0.4) is 0 Å². The third-order valence-electron chi connectivity index (χ3n) is 6.36. The SMILES string of the molecule is CCCCNC(=O)[C@@H](C)N(Cc1cccc(Cl)c1)C(=O)CN(c1ccc(F)cc1)S(=O)(=O)c1ccc(OCC)cc1. The summed E-state index contributed by atoms with van der Waals surface area (Å²) in [4.78, 5) is 28.1. The van der Waals surface area contributed by atoms with Crippen LogP contribution >= 0.6 is 11.6 Å². The molecule has 0 unspecified atom stereocenters. The summed E-state index contributed by atoms with van der Waals surface area (Å²) in [6.45, 7) is 5.65. The number of hydrogen-bond acceptors (Lipinski definition) is 5. The van der Waals surface area contributed by atoms with Crippen molar-refractivity contribution in [2.24, 2.45) is 0 Å². The van der Waals surface area contributed by atoms with Crippen LogP contribution in [0.1, 0.15) is 39.2 Å². The third-order valence-corrected chi connectivity index (χ3v) is 8.38. The number of carbonyl (C=O) groups is 2. The summed E-state index contributed by atoms with van der Waals surface area (Å²) in [6, 6.07) is 16.6. The molecular formula is C30H35ClFN3O5S. The summed E-state index contributed by atoms with van der Waals surface area (Å²) < 4.78 is 47.8. The van der Waals surface area contributed by atoms with Crippen LogP contribution in [0.25, 0.3) is 0 Å². The van der Waals surface area contributed by atoms with Crippen molar-refractivity contribution in [1.82, 2.24) is 10.2 Å². The first-order valence-electron chi connectivity index (χ1n) is 13.4. The van der Waals surface area contributed by atoms with Gasteiger partial charge in [-0.3, -0.25) is 13.9 Å². The summed E-state index contributed by atoms with van der Waals surface area (Å²) in [7, 11) is -4.28. The zero-order chi connectivity index (χ0) is 30.0. The molecule has 0 aromatic heterocycles. The first-order valence-corrected chi connectivity index (χ1v) is 15.2. The second-order valence-corrected chi connectivity index (χ2v) is 11.7. The highest BCUT2D eigenvalue weighted by Gasteiger charge is 2.32.